The summed E-state index contributed by atoms with van der Waals surface area (Å²) in [7, 11) is 4.59. The van der Waals surface area contributed by atoms with E-state index in [1.807, 2.05) is 0 Å². The van der Waals surface area contributed by atoms with Crippen molar-refractivity contribution in [2.24, 2.45) is 0 Å². The third-order valence-electron chi connectivity index (χ3n) is 2.56. The van der Waals surface area contributed by atoms with E-state index in [2.05, 4.69) is 0 Å². The Morgan fingerprint density at radius 3 is 1.53 bits per heavy atom. The van der Waals surface area contributed by atoms with Crippen molar-refractivity contribution in [2.45, 2.75) is 0 Å². The molecule has 19 heavy (non-hydrogen) atoms. The van der Waals surface area contributed by atoms with E-state index in [-0.39, 0.29) is 28.4 Å². The summed E-state index contributed by atoms with van der Waals surface area (Å²) in [5.41, 5.74) is 0.583. The molecule has 0 aromatic heterocycles. The van der Waals surface area contributed by atoms with Gasteiger partial charge in [0.25, 0.3) is 11.8 Å². The van der Waals surface area contributed by atoms with Crippen molar-refractivity contribution in [2.75, 3.05) is 28.2 Å². The minimum Gasteiger partial charge on any atom is -0.423 e. The molecular formula is C12H17BN2O4. The number of amides is 2. The lowest BCUT2D eigenvalue weighted by Gasteiger charge is -2.15. The molecule has 0 spiro atoms. The Kier molecular flexibility index (Phi) is 4.69. The Morgan fingerprint density at radius 1 is 0.895 bits per heavy atom. The van der Waals surface area contributed by atoms with Gasteiger partial charge in [-0.05, 0) is 23.7 Å². The maximum atomic E-state index is 11.9. The molecule has 0 aliphatic heterocycles. The zero-order chi connectivity index (χ0) is 14.7. The predicted molar refractivity (Wildman–Crippen MR) is 72.3 cm³/mol. The van der Waals surface area contributed by atoms with E-state index >= 15 is 0 Å². The van der Waals surface area contributed by atoms with Crippen LogP contribution in [-0.2, 0) is 0 Å². The van der Waals surface area contributed by atoms with Crippen molar-refractivity contribution < 1.29 is 19.6 Å². The molecule has 0 unspecified atom stereocenters. The quantitative estimate of drug-likeness (QED) is 0.670. The average Bonchev–Trinajstić information content (AvgIpc) is 2.35. The van der Waals surface area contributed by atoms with Gasteiger partial charge in [0.05, 0.1) is 0 Å². The molecule has 0 atom stereocenters. The van der Waals surface area contributed by atoms with E-state index in [1.54, 1.807) is 28.2 Å². The van der Waals surface area contributed by atoms with Crippen LogP contribution in [0.15, 0.2) is 18.2 Å². The summed E-state index contributed by atoms with van der Waals surface area (Å²) in [4.78, 5) is 26.5. The highest BCUT2D eigenvalue weighted by Gasteiger charge is 2.20. The van der Waals surface area contributed by atoms with Crippen molar-refractivity contribution in [3.05, 3.63) is 29.3 Å². The molecule has 102 valence electrons. The van der Waals surface area contributed by atoms with Gasteiger partial charge in [-0.15, -0.1) is 0 Å². The molecule has 2 N–H and O–H groups in total. The molecule has 0 aliphatic rings. The summed E-state index contributed by atoms with van der Waals surface area (Å²) in [5.74, 6) is -0.620. The summed E-state index contributed by atoms with van der Waals surface area (Å²) in [6.45, 7) is 0. The number of hydrogen-bond donors (Lipinski definition) is 2. The fourth-order valence-corrected chi connectivity index (χ4v) is 1.56. The first kappa shape index (κ1) is 15.2. The van der Waals surface area contributed by atoms with E-state index in [0.717, 1.165) is 0 Å². The van der Waals surface area contributed by atoms with E-state index in [1.165, 1.54) is 28.0 Å². The Balaban J connectivity index is 3.34. The molecule has 6 nitrogen and oxygen atoms in total. The average molecular weight is 264 g/mol. The van der Waals surface area contributed by atoms with Crippen molar-refractivity contribution in [3.8, 4) is 0 Å². The zero-order valence-electron chi connectivity index (χ0n) is 11.4. The number of rotatable bonds is 3. The van der Waals surface area contributed by atoms with Crippen LogP contribution in [0.5, 0.6) is 0 Å². The smallest absolute Gasteiger partial charge is 0.423 e. The number of nitrogens with zero attached hydrogens (tertiary/aromatic N) is 2. The zero-order valence-corrected chi connectivity index (χ0v) is 11.4. The molecule has 1 aromatic rings. The Morgan fingerprint density at radius 2 is 1.26 bits per heavy atom. The lowest BCUT2D eigenvalue weighted by molar-refractivity contribution is 0.0826. The molecule has 0 saturated carbocycles. The highest BCUT2D eigenvalue weighted by atomic mass is 16.4. The number of carbonyl (C=O) groups is 2. The largest absolute Gasteiger partial charge is 0.488 e. The minimum atomic E-state index is -1.73. The van der Waals surface area contributed by atoms with Crippen molar-refractivity contribution >= 4 is 24.4 Å². The summed E-state index contributed by atoms with van der Waals surface area (Å²) in [5, 5.41) is 18.4. The lowest BCUT2D eigenvalue weighted by atomic mass is 9.78. The van der Waals surface area contributed by atoms with Crippen LogP contribution in [0, 0.1) is 0 Å². The van der Waals surface area contributed by atoms with Gasteiger partial charge in [-0.25, -0.2) is 0 Å². The van der Waals surface area contributed by atoms with Gasteiger partial charge in [0.15, 0.2) is 0 Å². The van der Waals surface area contributed by atoms with Gasteiger partial charge in [0.2, 0.25) is 0 Å². The number of hydrogen-bond acceptors (Lipinski definition) is 4. The molecule has 0 saturated heterocycles. The first-order valence-electron chi connectivity index (χ1n) is 5.68. The van der Waals surface area contributed by atoms with Crippen molar-refractivity contribution in [1.82, 2.24) is 9.80 Å². The van der Waals surface area contributed by atoms with Gasteiger partial charge in [-0.1, -0.05) is 0 Å². The van der Waals surface area contributed by atoms with Gasteiger partial charge in [0.1, 0.15) is 0 Å². The fraction of sp³-hybridized carbons (Fsp3) is 0.333. The molecule has 1 aromatic carbocycles. The Hall–Kier alpha value is -1.86. The third kappa shape index (κ3) is 3.55. The van der Waals surface area contributed by atoms with Crippen LogP contribution in [0.1, 0.15) is 20.7 Å². The van der Waals surface area contributed by atoms with E-state index in [4.69, 9.17) is 0 Å². The minimum absolute atomic E-state index is 0.109. The number of benzene rings is 1. The Bertz CT molecular complexity index is 462. The molecule has 0 radical (unpaired) electrons. The van der Waals surface area contributed by atoms with Crippen molar-refractivity contribution in [1.29, 1.82) is 0 Å². The topological polar surface area (TPSA) is 81.1 Å². The second kappa shape index (κ2) is 5.86. The standard InChI is InChI=1S/C12H17BN2O4/c1-14(2)11(16)8-5-9(12(17)15(3)4)7-10(6-8)13(18)19/h5-7,18-19H,1-4H3. The second-order valence-corrected chi connectivity index (χ2v) is 4.62. The number of carbonyl (C=O) groups excluding carboxylic acids is 2. The van der Waals surface area contributed by atoms with Crippen LogP contribution < -0.4 is 5.46 Å². The van der Waals surface area contributed by atoms with Gasteiger partial charge in [-0.3, -0.25) is 9.59 Å². The highest BCUT2D eigenvalue weighted by Crippen LogP contribution is 2.08. The molecule has 0 bridgehead atoms. The summed E-state index contributed by atoms with van der Waals surface area (Å²) >= 11 is 0. The highest BCUT2D eigenvalue weighted by molar-refractivity contribution is 6.58. The molecule has 0 fully saturated rings. The first-order valence-corrected chi connectivity index (χ1v) is 5.68. The fourth-order valence-electron chi connectivity index (χ4n) is 1.56. The normalized spacial score (nSPS) is 10.0. The van der Waals surface area contributed by atoms with Crippen LogP contribution in [0.25, 0.3) is 0 Å². The van der Waals surface area contributed by atoms with Crippen molar-refractivity contribution in [3.63, 3.8) is 0 Å². The lowest BCUT2D eigenvalue weighted by Crippen LogP contribution is -2.34. The van der Waals surface area contributed by atoms with Gasteiger partial charge < -0.3 is 19.8 Å². The summed E-state index contributed by atoms with van der Waals surface area (Å²) in [6, 6.07) is 4.16. The van der Waals surface area contributed by atoms with E-state index in [9.17, 15) is 19.6 Å². The Labute approximate surface area is 112 Å². The molecular weight excluding hydrogens is 247 g/mol. The maximum absolute atomic E-state index is 11.9. The van der Waals surface area contributed by atoms with E-state index in [0.29, 0.717) is 0 Å². The second-order valence-electron chi connectivity index (χ2n) is 4.62. The third-order valence-corrected chi connectivity index (χ3v) is 2.56. The molecule has 0 heterocycles. The first-order chi connectivity index (χ1) is 8.73. The van der Waals surface area contributed by atoms with Crippen LogP contribution in [0.3, 0.4) is 0 Å². The van der Waals surface area contributed by atoms with Crippen LogP contribution >= 0.6 is 0 Å². The van der Waals surface area contributed by atoms with Crippen LogP contribution in [0.2, 0.25) is 0 Å². The van der Waals surface area contributed by atoms with E-state index < -0.39 is 7.12 Å². The molecule has 7 heteroatoms. The predicted octanol–water partition coefficient (Wildman–Crippen LogP) is -1.23. The van der Waals surface area contributed by atoms with Crippen LogP contribution in [0.4, 0.5) is 0 Å². The molecule has 1 rings (SSSR count). The molecule has 0 aliphatic carbocycles. The van der Waals surface area contributed by atoms with Gasteiger partial charge in [0, 0.05) is 39.3 Å². The summed E-state index contributed by atoms with van der Waals surface area (Å²) < 4.78 is 0. The summed E-state index contributed by atoms with van der Waals surface area (Å²) in [6.07, 6.45) is 0. The van der Waals surface area contributed by atoms with Gasteiger partial charge >= 0.3 is 7.12 Å². The maximum Gasteiger partial charge on any atom is 0.488 e. The monoisotopic (exact) mass is 264 g/mol. The van der Waals surface area contributed by atoms with Crippen LogP contribution in [-0.4, -0.2) is 67.0 Å². The SMILES string of the molecule is CN(C)C(=O)c1cc(B(O)O)cc(C(=O)N(C)C)c1. The van der Waals surface area contributed by atoms with Gasteiger partial charge in [-0.2, -0.15) is 0 Å². The molecule has 2 amide bonds.